The lowest BCUT2D eigenvalue weighted by molar-refractivity contribution is -0.165. The lowest BCUT2D eigenvalue weighted by Gasteiger charge is -2.38. The molecule has 4 rings (SSSR count). The van der Waals surface area contributed by atoms with Gasteiger partial charge in [0, 0.05) is 12.3 Å². The van der Waals surface area contributed by atoms with Gasteiger partial charge < -0.3 is 14.2 Å². The number of carbonyl (C=O) groups excluding carboxylic acids is 1. The van der Waals surface area contributed by atoms with Crippen molar-refractivity contribution in [3.8, 4) is 0 Å². The smallest absolute Gasteiger partial charge is 0.312 e. The van der Waals surface area contributed by atoms with Crippen molar-refractivity contribution >= 4 is 5.97 Å². The summed E-state index contributed by atoms with van der Waals surface area (Å²) < 4.78 is 16.8. The minimum atomic E-state index is -0.442. The van der Waals surface area contributed by atoms with Gasteiger partial charge in [-0.15, -0.1) is 0 Å². The summed E-state index contributed by atoms with van der Waals surface area (Å²) in [7, 11) is 1.49. The van der Waals surface area contributed by atoms with Crippen LogP contribution in [0.3, 0.4) is 0 Å². The molecule has 0 bridgehead atoms. The molecule has 2 atom stereocenters. The summed E-state index contributed by atoms with van der Waals surface area (Å²) in [5.41, 5.74) is -0.442. The molecular weight excluding hydrogens is 256 g/mol. The zero-order chi connectivity index (χ0) is 14.0. The summed E-state index contributed by atoms with van der Waals surface area (Å²) in [6.07, 6.45) is 9.29. The minimum absolute atomic E-state index is 0.0905. The second kappa shape index (κ2) is 3.98. The molecule has 2 aliphatic carbocycles. The molecular formula is C16H24O4. The molecule has 4 fully saturated rings. The van der Waals surface area contributed by atoms with Crippen LogP contribution >= 0.6 is 0 Å². The van der Waals surface area contributed by atoms with Crippen LogP contribution in [0.25, 0.3) is 0 Å². The normalized spacial score (nSPS) is 50.0. The molecule has 2 saturated carbocycles. The van der Waals surface area contributed by atoms with E-state index in [0.717, 1.165) is 25.2 Å². The third-order valence-corrected chi connectivity index (χ3v) is 6.23. The van der Waals surface area contributed by atoms with Crippen molar-refractivity contribution in [3.63, 3.8) is 0 Å². The van der Waals surface area contributed by atoms with E-state index in [1.807, 2.05) is 6.92 Å². The first-order valence-corrected chi connectivity index (χ1v) is 8.05. The maximum absolute atomic E-state index is 12.3. The summed E-state index contributed by atoms with van der Waals surface area (Å²) >= 11 is 0. The van der Waals surface area contributed by atoms with Crippen LogP contribution in [0.1, 0.15) is 58.3 Å². The van der Waals surface area contributed by atoms with E-state index >= 15 is 0 Å². The summed E-state index contributed by atoms with van der Waals surface area (Å²) in [5, 5.41) is 0. The quantitative estimate of drug-likeness (QED) is 0.589. The van der Waals surface area contributed by atoms with Crippen molar-refractivity contribution in [2.45, 2.75) is 69.9 Å². The number of esters is 1. The fourth-order valence-corrected chi connectivity index (χ4v) is 4.80. The number of carbonyl (C=O) groups is 1. The number of hydrogen-bond donors (Lipinski definition) is 0. The van der Waals surface area contributed by atoms with Crippen LogP contribution in [-0.2, 0) is 19.0 Å². The molecule has 4 nitrogen and oxygen atoms in total. The minimum Gasteiger partial charge on any atom is -0.469 e. The van der Waals surface area contributed by atoms with Gasteiger partial charge in [0.2, 0.25) is 11.6 Å². The topological polar surface area (TPSA) is 51.4 Å². The van der Waals surface area contributed by atoms with Crippen molar-refractivity contribution in [2.75, 3.05) is 7.11 Å². The Morgan fingerprint density at radius 3 is 2.55 bits per heavy atom. The number of ether oxygens (including phenoxy) is 3. The first-order chi connectivity index (χ1) is 9.56. The Labute approximate surface area is 120 Å². The van der Waals surface area contributed by atoms with Gasteiger partial charge in [0.05, 0.1) is 12.5 Å². The van der Waals surface area contributed by atoms with Crippen LogP contribution in [0, 0.1) is 17.3 Å². The van der Waals surface area contributed by atoms with E-state index in [4.69, 9.17) is 14.2 Å². The summed E-state index contributed by atoms with van der Waals surface area (Å²) in [6.45, 7) is 2.05. The molecule has 2 heterocycles. The average Bonchev–Trinajstić information content (AvgIpc) is 3.29. The molecule has 4 heteroatoms. The number of rotatable bonds is 3. The molecule has 20 heavy (non-hydrogen) atoms. The first-order valence-electron chi connectivity index (χ1n) is 8.05. The molecule has 2 saturated heterocycles. The Morgan fingerprint density at radius 1 is 1.20 bits per heavy atom. The molecule has 2 aliphatic heterocycles. The van der Waals surface area contributed by atoms with Crippen LogP contribution in [0.15, 0.2) is 0 Å². The molecule has 0 aromatic carbocycles. The Morgan fingerprint density at radius 2 is 1.90 bits per heavy atom. The summed E-state index contributed by atoms with van der Waals surface area (Å²) in [6, 6.07) is 0. The van der Waals surface area contributed by atoms with Gasteiger partial charge in [-0.25, -0.2) is 0 Å². The Kier molecular flexibility index (Phi) is 2.60. The van der Waals surface area contributed by atoms with E-state index < -0.39 is 11.2 Å². The van der Waals surface area contributed by atoms with Gasteiger partial charge >= 0.3 is 5.97 Å². The van der Waals surface area contributed by atoms with Gasteiger partial charge in [-0.2, -0.15) is 0 Å². The van der Waals surface area contributed by atoms with Gasteiger partial charge in [-0.1, -0.05) is 32.1 Å². The lowest BCUT2D eigenvalue weighted by Crippen LogP contribution is -2.44. The average molecular weight is 280 g/mol. The SMILES string of the molecule is COC(=O)C1(C)CCC23OC2(O3)C1CC1CCCCC1. The number of epoxide rings is 2. The van der Waals surface area contributed by atoms with Gasteiger partial charge in [0.15, 0.2) is 0 Å². The van der Waals surface area contributed by atoms with E-state index in [1.165, 1.54) is 39.2 Å². The number of methoxy groups -OCH3 is 1. The van der Waals surface area contributed by atoms with Crippen molar-refractivity contribution in [1.82, 2.24) is 0 Å². The standard InChI is InChI=1S/C16H24O4/c1-14(13(17)18-2)8-9-15-16(19-15,20-15)12(14)10-11-6-4-3-5-7-11/h11-12H,3-10H2,1-2H3. The highest BCUT2D eigenvalue weighted by atomic mass is 17.0. The molecule has 0 N–H and O–H groups in total. The van der Waals surface area contributed by atoms with Crippen LogP contribution < -0.4 is 0 Å². The van der Waals surface area contributed by atoms with Crippen LogP contribution in [-0.4, -0.2) is 24.7 Å². The molecule has 2 unspecified atom stereocenters. The second-order valence-electron chi connectivity index (χ2n) is 7.33. The Bertz CT molecular complexity index is 434. The lowest BCUT2D eigenvalue weighted by atomic mass is 9.63. The molecule has 0 aromatic heterocycles. The molecule has 0 spiro atoms. The van der Waals surface area contributed by atoms with E-state index in [1.54, 1.807) is 0 Å². The van der Waals surface area contributed by atoms with Gasteiger partial charge in [-0.05, 0) is 25.7 Å². The maximum atomic E-state index is 12.3. The predicted molar refractivity (Wildman–Crippen MR) is 71.7 cm³/mol. The second-order valence-corrected chi connectivity index (χ2v) is 7.33. The van der Waals surface area contributed by atoms with E-state index in [-0.39, 0.29) is 17.7 Å². The number of hydrogen-bond acceptors (Lipinski definition) is 4. The van der Waals surface area contributed by atoms with Crippen molar-refractivity contribution in [3.05, 3.63) is 0 Å². The van der Waals surface area contributed by atoms with E-state index in [9.17, 15) is 4.79 Å². The van der Waals surface area contributed by atoms with E-state index in [0.29, 0.717) is 0 Å². The molecule has 0 amide bonds. The molecule has 4 aliphatic rings. The molecule has 0 aromatic rings. The fraction of sp³-hybridized carbons (Fsp3) is 0.938. The third-order valence-electron chi connectivity index (χ3n) is 6.23. The monoisotopic (exact) mass is 280 g/mol. The zero-order valence-corrected chi connectivity index (χ0v) is 12.4. The third kappa shape index (κ3) is 1.52. The van der Waals surface area contributed by atoms with Crippen LogP contribution in [0.5, 0.6) is 0 Å². The fourth-order valence-electron chi connectivity index (χ4n) is 4.80. The highest BCUT2D eigenvalue weighted by molar-refractivity contribution is 5.77. The maximum Gasteiger partial charge on any atom is 0.312 e. The van der Waals surface area contributed by atoms with Crippen molar-refractivity contribution in [2.24, 2.45) is 17.3 Å². The van der Waals surface area contributed by atoms with Crippen LogP contribution in [0.2, 0.25) is 0 Å². The van der Waals surface area contributed by atoms with Crippen molar-refractivity contribution in [1.29, 1.82) is 0 Å². The van der Waals surface area contributed by atoms with Gasteiger partial charge in [0.25, 0.3) is 0 Å². The highest BCUT2D eigenvalue weighted by Crippen LogP contribution is 2.80. The van der Waals surface area contributed by atoms with Crippen LogP contribution in [0.4, 0.5) is 0 Å². The largest absolute Gasteiger partial charge is 0.469 e. The molecule has 0 radical (unpaired) electrons. The van der Waals surface area contributed by atoms with Gasteiger partial charge in [-0.3, -0.25) is 4.79 Å². The predicted octanol–water partition coefficient (Wildman–Crippen LogP) is 3.00. The summed E-state index contributed by atoms with van der Waals surface area (Å²) in [4.78, 5) is 12.3. The van der Waals surface area contributed by atoms with Crippen molar-refractivity contribution < 1.29 is 19.0 Å². The van der Waals surface area contributed by atoms with Gasteiger partial charge in [0.1, 0.15) is 0 Å². The Hall–Kier alpha value is -0.610. The zero-order valence-electron chi connectivity index (χ0n) is 12.4. The molecule has 112 valence electrons. The van der Waals surface area contributed by atoms with E-state index in [2.05, 4.69) is 0 Å². The first kappa shape index (κ1) is 13.1. The Balaban J connectivity index is 1.57. The highest BCUT2D eigenvalue weighted by Gasteiger charge is 2.96. The summed E-state index contributed by atoms with van der Waals surface area (Å²) in [5.74, 6) is 0.0637.